The van der Waals surface area contributed by atoms with E-state index in [-0.39, 0.29) is 10.6 Å². The van der Waals surface area contributed by atoms with Gasteiger partial charge in [0.25, 0.3) is 5.91 Å². The van der Waals surface area contributed by atoms with Crippen LogP contribution in [0.5, 0.6) is 0 Å². The molecule has 0 bridgehead atoms. The summed E-state index contributed by atoms with van der Waals surface area (Å²) in [5.74, 6) is -0.396. The standard InChI is InChI=1S/C14H20N2O3S/c1-5-16(6-2)20(18,19)13-10-8-7-9-12(13)15-14(17)11(3)4/h7-10H,3,5-6H2,1-2,4H3,(H,15,17). The molecule has 1 aromatic rings. The molecule has 1 amide bonds. The molecule has 0 unspecified atom stereocenters. The molecule has 0 heterocycles. The predicted molar refractivity (Wildman–Crippen MR) is 80.0 cm³/mol. The smallest absolute Gasteiger partial charge is 0.250 e. The number of benzene rings is 1. The van der Waals surface area contributed by atoms with Crippen molar-refractivity contribution in [2.45, 2.75) is 25.7 Å². The number of carbonyl (C=O) groups is 1. The van der Waals surface area contributed by atoms with Crippen molar-refractivity contribution in [1.29, 1.82) is 0 Å². The highest BCUT2D eigenvalue weighted by atomic mass is 32.2. The van der Waals surface area contributed by atoms with Crippen molar-refractivity contribution < 1.29 is 13.2 Å². The Kier molecular flexibility index (Phi) is 5.47. The second kappa shape index (κ2) is 6.67. The van der Waals surface area contributed by atoms with Crippen molar-refractivity contribution in [1.82, 2.24) is 4.31 Å². The van der Waals surface area contributed by atoms with E-state index in [1.807, 2.05) is 0 Å². The zero-order valence-corrected chi connectivity index (χ0v) is 12.8. The highest BCUT2D eigenvalue weighted by Gasteiger charge is 2.25. The van der Waals surface area contributed by atoms with Crippen LogP contribution in [0.1, 0.15) is 20.8 Å². The number of hydrogen-bond donors (Lipinski definition) is 1. The first-order valence-corrected chi connectivity index (χ1v) is 7.84. The molecule has 0 saturated heterocycles. The van der Waals surface area contributed by atoms with Gasteiger partial charge in [-0.15, -0.1) is 0 Å². The minimum absolute atomic E-state index is 0.0956. The van der Waals surface area contributed by atoms with Gasteiger partial charge in [0.15, 0.2) is 0 Å². The summed E-state index contributed by atoms with van der Waals surface area (Å²) in [6, 6.07) is 6.36. The molecule has 0 aromatic heterocycles. The first kappa shape index (κ1) is 16.4. The van der Waals surface area contributed by atoms with Crippen LogP contribution in [0, 0.1) is 0 Å². The predicted octanol–water partition coefficient (Wildman–Crippen LogP) is 2.23. The fraction of sp³-hybridized carbons (Fsp3) is 0.357. The number of nitrogens with zero attached hydrogens (tertiary/aromatic N) is 1. The number of para-hydroxylation sites is 1. The van der Waals surface area contributed by atoms with Crippen molar-refractivity contribution >= 4 is 21.6 Å². The molecule has 0 aliphatic rings. The lowest BCUT2D eigenvalue weighted by atomic mass is 10.3. The molecule has 0 saturated carbocycles. The number of carbonyl (C=O) groups excluding carboxylic acids is 1. The third-order valence-corrected chi connectivity index (χ3v) is 4.95. The van der Waals surface area contributed by atoms with E-state index in [9.17, 15) is 13.2 Å². The van der Waals surface area contributed by atoms with Gasteiger partial charge in [-0.1, -0.05) is 32.6 Å². The Balaban J connectivity index is 3.26. The van der Waals surface area contributed by atoms with Gasteiger partial charge in [0, 0.05) is 18.7 Å². The molecule has 1 N–H and O–H groups in total. The molecule has 5 nitrogen and oxygen atoms in total. The van der Waals surface area contributed by atoms with Crippen LogP contribution in [0.4, 0.5) is 5.69 Å². The third kappa shape index (κ3) is 3.46. The molecule has 110 valence electrons. The van der Waals surface area contributed by atoms with Gasteiger partial charge in [-0.05, 0) is 19.1 Å². The molecule has 1 aromatic carbocycles. The molecule has 0 aliphatic carbocycles. The molecular formula is C14H20N2O3S. The summed E-state index contributed by atoms with van der Waals surface area (Å²) < 4.78 is 26.4. The second-order valence-corrected chi connectivity index (χ2v) is 6.23. The molecular weight excluding hydrogens is 276 g/mol. The highest BCUT2D eigenvalue weighted by Crippen LogP contribution is 2.24. The van der Waals surface area contributed by atoms with Crippen molar-refractivity contribution in [3.8, 4) is 0 Å². The molecule has 20 heavy (non-hydrogen) atoms. The number of amides is 1. The van der Waals surface area contributed by atoms with Gasteiger partial charge in [0.1, 0.15) is 4.90 Å². The summed E-state index contributed by atoms with van der Waals surface area (Å²) in [6.07, 6.45) is 0. The van der Waals surface area contributed by atoms with Gasteiger partial charge in [-0.3, -0.25) is 4.79 Å². The number of hydrogen-bond acceptors (Lipinski definition) is 3. The van der Waals surface area contributed by atoms with Crippen molar-refractivity contribution in [2.75, 3.05) is 18.4 Å². The minimum Gasteiger partial charge on any atom is -0.321 e. The fourth-order valence-corrected chi connectivity index (χ4v) is 3.33. The summed E-state index contributed by atoms with van der Waals surface area (Å²) in [5, 5.41) is 2.57. The molecule has 0 spiro atoms. The van der Waals surface area contributed by atoms with Crippen molar-refractivity contribution in [2.24, 2.45) is 0 Å². The van der Waals surface area contributed by atoms with Crippen LogP contribution in [0.2, 0.25) is 0 Å². The average molecular weight is 296 g/mol. The molecule has 0 atom stereocenters. The van der Waals surface area contributed by atoms with Crippen LogP contribution in [-0.2, 0) is 14.8 Å². The lowest BCUT2D eigenvalue weighted by Gasteiger charge is -2.20. The summed E-state index contributed by atoms with van der Waals surface area (Å²) in [6.45, 7) is 9.41. The fourth-order valence-electron chi connectivity index (χ4n) is 1.73. The van der Waals surface area contributed by atoms with Crippen LogP contribution in [0.3, 0.4) is 0 Å². The Morgan fingerprint density at radius 1 is 1.25 bits per heavy atom. The van der Waals surface area contributed by atoms with E-state index in [2.05, 4.69) is 11.9 Å². The van der Waals surface area contributed by atoms with Gasteiger partial charge in [-0.25, -0.2) is 8.42 Å². The average Bonchev–Trinajstić information content (AvgIpc) is 2.40. The van der Waals surface area contributed by atoms with Crippen molar-refractivity contribution in [3.05, 3.63) is 36.4 Å². The van der Waals surface area contributed by atoms with E-state index in [1.165, 1.54) is 10.4 Å². The summed E-state index contributed by atoms with van der Waals surface area (Å²) in [4.78, 5) is 11.8. The Bertz CT molecular complexity index is 605. The Hall–Kier alpha value is -1.66. The number of anilines is 1. The minimum atomic E-state index is -3.61. The maximum Gasteiger partial charge on any atom is 0.250 e. The largest absolute Gasteiger partial charge is 0.321 e. The topological polar surface area (TPSA) is 66.5 Å². The quantitative estimate of drug-likeness (QED) is 0.819. The Labute approximate surface area is 120 Å². The zero-order valence-electron chi connectivity index (χ0n) is 12.0. The van der Waals surface area contributed by atoms with Gasteiger partial charge in [0.2, 0.25) is 10.0 Å². The lowest BCUT2D eigenvalue weighted by Crippen LogP contribution is -2.31. The first-order chi connectivity index (χ1) is 9.34. The van der Waals surface area contributed by atoms with Crippen LogP contribution < -0.4 is 5.32 Å². The number of rotatable bonds is 6. The first-order valence-electron chi connectivity index (χ1n) is 6.40. The Morgan fingerprint density at radius 3 is 2.30 bits per heavy atom. The normalized spacial score (nSPS) is 11.4. The molecule has 6 heteroatoms. The van der Waals surface area contributed by atoms with Crippen LogP contribution in [0.15, 0.2) is 41.3 Å². The maximum atomic E-state index is 12.5. The van der Waals surface area contributed by atoms with E-state index in [4.69, 9.17) is 0 Å². The molecule has 0 aliphatic heterocycles. The van der Waals surface area contributed by atoms with Crippen molar-refractivity contribution in [3.63, 3.8) is 0 Å². The maximum absolute atomic E-state index is 12.5. The van der Waals surface area contributed by atoms with Crippen LogP contribution in [-0.4, -0.2) is 31.7 Å². The highest BCUT2D eigenvalue weighted by molar-refractivity contribution is 7.89. The van der Waals surface area contributed by atoms with Gasteiger partial charge < -0.3 is 5.32 Å². The van der Waals surface area contributed by atoms with E-state index >= 15 is 0 Å². The van der Waals surface area contributed by atoms with Crippen LogP contribution in [0.25, 0.3) is 0 Å². The van der Waals surface area contributed by atoms with Gasteiger partial charge >= 0.3 is 0 Å². The molecule has 1 rings (SSSR count). The van der Waals surface area contributed by atoms with E-state index in [0.29, 0.717) is 18.7 Å². The summed E-state index contributed by atoms with van der Waals surface area (Å²) in [5.41, 5.74) is 0.590. The molecule has 0 radical (unpaired) electrons. The SMILES string of the molecule is C=C(C)C(=O)Nc1ccccc1S(=O)(=O)N(CC)CC. The third-order valence-electron chi connectivity index (χ3n) is 2.85. The summed E-state index contributed by atoms with van der Waals surface area (Å²) >= 11 is 0. The second-order valence-electron chi connectivity index (χ2n) is 4.32. The zero-order chi connectivity index (χ0) is 15.3. The monoisotopic (exact) mass is 296 g/mol. The van der Waals surface area contributed by atoms with Crippen LogP contribution >= 0.6 is 0 Å². The van der Waals surface area contributed by atoms with E-state index in [1.54, 1.807) is 39.0 Å². The van der Waals surface area contributed by atoms with Gasteiger partial charge in [-0.2, -0.15) is 4.31 Å². The number of sulfonamides is 1. The van der Waals surface area contributed by atoms with Gasteiger partial charge in [0.05, 0.1) is 5.69 Å². The summed E-state index contributed by atoms with van der Waals surface area (Å²) in [7, 11) is -3.61. The number of nitrogens with one attached hydrogen (secondary N) is 1. The van der Waals surface area contributed by atoms with E-state index in [0.717, 1.165) is 0 Å². The Morgan fingerprint density at radius 2 is 1.80 bits per heavy atom. The molecule has 0 fully saturated rings. The lowest BCUT2D eigenvalue weighted by molar-refractivity contribution is -0.112. The van der Waals surface area contributed by atoms with E-state index < -0.39 is 15.9 Å².